The lowest BCUT2D eigenvalue weighted by atomic mass is 10.1. The number of tetrazole rings is 1. The molecule has 140 valence electrons. The molecule has 0 aliphatic heterocycles. The quantitative estimate of drug-likeness (QED) is 0.625. The first-order valence-corrected chi connectivity index (χ1v) is 9.09. The number of benzene rings is 1. The molecule has 3 aromatic rings. The smallest absolute Gasteiger partial charge is 0.325 e. The third kappa shape index (κ3) is 5.17. The van der Waals surface area contributed by atoms with Gasteiger partial charge in [0.25, 0.3) is 0 Å². The van der Waals surface area contributed by atoms with Crippen molar-refractivity contribution in [3.05, 3.63) is 53.5 Å². The van der Waals surface area contributed by atoms with Gasteiger partial charge in [-0.05, 0) is 59.7 Å². The summed E-state index contributed by atoms with van der Waals surface area (Å²) in [6.45, 7) is 4.30. The van der Waals surface area contributed by atoms with Gasteiger partial charge in [0.05, 0.1) is 12.0 Å². The zero-order valence-corrected chi connectivity index (χ0v) is 15.6. The molecule has 2 aromatic heterocycles. The Labute approximate surface area is 159 Å². The standard InChI is InChI=1S/C17H18N6O3S/c1-11-5-6-13(8-12(11)2)18-16(25)19-15(24)10-27-17-20-21-22-23(17)9-14-4-3-7-26-14/h3-8H,9-10H2,1-2H3,(H2,18,19,24,25). The monoisotopic (exact) mass is 386 g/mol. The number of amides is 3. The molecule has 3 amide bonds. The normalized spacial score (nSPS) is 10.6. The number of nitrogens with one attached hydrogen (secondary N) is 2. The predicted octanol–water partition coefficient (Wildman–Crippen LogP) is 2.37. The number of aromatic nitrogens is 4. The fraction of sp³-hybridized carbons (Fsp3) is 0.235. The number of anilines is 1. The summed E-state index contributed by atoms with van der Waals surface area (Å²) in [7, 11) is 0. The lowest BCUT2D eigenvalue weighted by Crippen LogP contribution is -2.35. The second-order valence-corrected chi connectivity index (χ2v) is 6.73. The number of thioether (sulfide) groups is 1. The average Bonchev–Trinajstić information content (AvgIpc) is 3.29. The number of carbonyl (C=O) groups is 2. The van der Waals surface area contributed by atoms with Crippen LogP contribution < -0.4 is 10.6 Å². The highest BCUT2D eigenvalue weighted by Crippen LogP contribution is 2.16. The third-order valence-corrected chi connectivity index (χ3v) is 4.69. The van der Waals surface area contributed by atoms with E-state index in [0.29, 0.717) is 23.1 Å². The second-order valence-electron chi connectivity index (χ2n) is 5.79. The Hall–Kier alpha value is -3.14. The second kappa shape index (κ2) is 8.49. The Kier molecular flexibility index (Phi) is 5.87. The van der Waals surface area contributed by atoms with Crippen molar-refractivity contribution in [2.24, 2.45) is 0 Å². The highest BCUT2D eigenvalue weighted by molar-refractivity contribution is 7.99. The first-order chi connectivity index (χ1) is 13.0. The van der Waals surface area contributed by atoms with E-state index in [2.05, 4.69) is 26.2 Å². The van der Waals surface area contributed by atoms with E-state index in [1.54, 1.807) is 24.5 Å². The van der Waals surface area contributed by atoms with Crippen LogP contribution in [0.25, 0.3) is 0 Å². The summed E-state index contributed by atoms with van der Waals surface area (Å²) in [6, 6.07) is 8.52. The van der Waals surface area contributed by atoms with E-state index >= 15 is 0 Å². The number of imide groups is 1. The van der Waals surface area contributed by atoms with Crippen molar-refractivity contribution in [1.82, 2.24) is 25.5 Å². The van der Waals surface area contributed by atoms with E-state index < -0.39 is 11.9 Å². The lowest BCUT2D eigenvalue weighted by molar-refractivity contribution is -0.117. The summed E-state index contributed by atoms with van der Waals surface area (Å²) in [4.78, 5) is 23.9. The third-order valence-electron chi connectivity index (χ3n) is 3.73. The molecule has 0 aliphatic rings. The summed E-state index contributed by atoms with van der Waals surface area (Å²) in [6.07, 6.45) is 1.56. The molecule has 10 heteroatoms. The van der Waals surface area contributed by atoms with Gasteiger partial charge in [-0.3, -0.25) is 10.1 Å². The fourth-order valence-corrected chi connectivity index (χ4v) is 2.90. The molecule has 0 spiro atoms. The van der Waals surface area contributed by atoms with Crippen molar-refractivity contribution in [1.29, 1.82) is 0 Å². The summed E-state index contributed by atoms with van der Waals surface area (Å²) in [5.74, 6) is 0.244. The Balaban J connectivity index is 1.49. The maximum absolute atomic E-state index is 12.0. The van der Waals surface area contributed by atoms with Gasteiger partial charge in [0.2, 0.25) is 11.1 Å². The Morgan fingerprint density at radius 3 is 2.81 bits per heavy atom. The number of hydrogen-bond acceptors (Lipinski definition) is 7. The van der Waals surface area contributed by atoms with Crippen molar-refractivity contribution < 1.29 is 14.0 Å². The highest BCUT2D eigenvalue weighted by atomic mass is 32.2. The van der Waals surface area contributed by atoms with E-state index in [-0.39, 0.29) is 5.75 Å². The minimum absolute atomic E-state index is 0.00112. The van der Waals surface area contributed by atoms with Crippen LogP contribution in [-0.2, 0) is 11.3 Å². The van der Waals surface area contributed by atoms with E-state index in [1.807, 2.05) is 26.0 Å². The number of furan rings is 1. The van der Waals surface area contributed by atoms with Gasteiger partial charge in [-0.1, -0.05) is 17.8 Å². The van der Waals surface area contributed by atoms with Gasteiger partial charge in [-0.25, -0.2) is 9.48 Å². The number of nitrogens with zero attached hydrogens (tertiary/aromatic N) is 4. The number of aryl methyl sites for hydroxylation is 2. The van der Waals surface area contributed by atoms with E-state index in [0.717, 1.165) is 22.9 Å². The largest absolute Gasteiger partial charge is 0.467 e. The molecule has 0 atom stereocenters. The molecule has 0 unspecified atom stereocenters. The van der Waals surface area contributed by atoms with Gasteiger partial charge in [-0.2, -0.15) is 0 Å². The van der Waals surface area contributed by atoms with Crippen LogP contribution in [0.4, 0.5) is 10.5 Å². The van der Waals surface area contributed by atoms with Crippen LogP contribution in [0.15, 0.2) is 46.2 Å². The van der Waals surface area contributed by atoms with Crippen molar-refractivity contribution in [3.8, 4) is 0 Å². The average molecular weight is 386 g/mol. The molecule has 0 radical (unpaired) electrons. The van der Waals surface area contributed by atoms with Gasteiger partial charge in [-0.15, -0.1) is 5.10 Å². The van der Waals surface area contributed by atoms with Gasteiger partial charge in [0, 0.05) is 5.69 Å². The molecule has 0 saturated heterocycles. The van der Waals surface area contributed by atoms with Crippen LogP contribution in [0.5, 0.6) is 0 Å². The van der Waals surface area contributed by atoms with Crippen LogP contribution in [0.3, 0.4) is 0 Å². The minimum atomic E-state index is -0.584. The fourth-order valence-electron chi connectivity index (χ4n) is 2.22. The summed E-state index contributed by atoms with van der Waals surface area (Å²) in [5.41, 5.74) is 2.80. The van der Waals surface area contributed by atoms with Crippen molar-refractivity contribution in [2.45, 2.75) is 25.5 Å². The van der Waals surface area contributed by atoms with Crippen LogP contribution >= 0.6 is 11.8 Å². The topological polar surface area (TPSA) is 115 Å². The maximum Gasteiger partial charge on any atom is 0.325 e. The van der Waals surface area contributed by atoms with Gasteiger partial charge in [0.1, 0.15) is 12.3 Å². The number of hydrogen-bond donors (Lipinski definition) is 2. The van der Waals surface area contributed by atoms with E-state index in [4.69, 9.17) is 4.42 Å². The van der Waals surface area contributed by atoms with Crippen LogP contribution in [-0.4, -0.2) is 37.9 Å². The molecule has 3 rings (SSSR count). The van der Waals surface area contributed by atoms with Gasteiger partial charge >= 0.3 is 6.03 Å². The number of carbonyl (C=O) groups excluding carboxylic acids is 2. The Morgan fingerprint density at radius 1 is 1.22 bits per heavy atom. The van der Waals surface area contributed by atoms with Crippen LogP contribution in [0, 0.1) is 13.8 Å². The zero-order chi connectivity index (χ0) is 19.2. The number of urea groups is 1. The van der Waals surface area contributed by atoms with Crippen molar-refractivity contribution >= 4 is 29.4 Å². The maximum atomic E-state index is 12.0. The first-order valence-electron chi connectivity index (χ1n) is 8.10. The van der Waals surface area contributed by atoms with Gasteiger partial charge in [0.15, 0.2) is 0 Å². The minimum Gasteiger partial charge on any atom is -0.467 e. The van der Waals surface area contributed by atoms with Crippen molar-refractivity contribution in [3.63, 3.8) is 0 Å². The SMILES string of the molecule is Cc1ccc(NC(=O)NC(=O)CSc2nnnn2Cc2ccco2)cc1C. The molecular formula is C17H18N6O3S. The van der Waals surface area contributed by atoms with E-state index in [1.165, 1.54) is 4.68 Å². The predicted molar refractivity (Wildman–Crippen MR) is 99.4 cm³/mol. The molecule has 0 saturated carbocycles. The molecular weight excluding hydrogens is 368 g/mol. The van der Waals surface area contributed by atoms with Crippen LogP contribution in [0.2, 0.25) is 0 Å². The molecule has 27 heavy (non-hydrogen) atoms. The van der Waals surface area contributed by atoms with Crippen molar-refractivity contribution in [2.75, 3.05) is 11.1 Å². The summed E-state index contributed by atoms with van der Waals surface area (Å²) < 4.78 is 6.77. The summed E-state index contributed by atoms with van der Waals surface area (Å²) >= 11 is 1.13. The lowest BCUT2D eigenvalue weighted by Gasteiger charge is -2.08. The Morgan fingerprint density at radius 2 is 2.07 bits per heavy atom. The first kappa shape index (κ1) is 18.6. The van der Waals surface area contributed by atoms with Gasteiger partial charge < -0.3 is 9.73 Å². The van der Waals surface area contributed by atoms with E-state index in [9.17, 15) is 9.59 Å². The molecule has 2 heterocycles. The zero-order valence-electron chi connectivity index (χ0n) is 14.8. The molecule has 2 N–H and O–H groups in total. The number of rotatable bonds is 6. The molecule has 0 fully saturated rings. The molecule has 0 aliphatic carbocycles. The molecule has 0 bridgehead atoms. The van der Waals surface area contributed by atoms with Crippen LogP contribution in [0.1, 0.15) is 16.9 Å². The molecule has 1 aromatic carbocycles. The molecule has 9 nitrogen and oxygen atoms in total. The highest BCUT2D eigenvalue weighted by Gasteiger charge is 2.13. The Bertz CT molecular complexity index is 938. The summed E-state index contributed by atoms with van der Waals surface area (Å²) in [5, 5.41) is 16.7.